The Balaban J connectivity index is 1.87. The second-order valence-electron chi connectivity index (χ2n) is 6.53. The van der Waals surface area contributed by atoms with Crippen LogP contribution in [0.25, 0.3) is 0 Å². The van der Waals surface area contributed by atoms with Gasteiger partial charge in [0.25, 0.3) is 0 Å². The molecule has 1 saturated heterocycles. The molecule has 1 N–H and O–H groups in total. The van der Waals surface area contributed by atoms with Crippen LogP contribution in [0.5, 0.6) is 0 Å². The Morgan fingerprint density at radius 2 is 1.76 bits per heavy atom. The van der Waals surface area contributed by atoms with Crippen molar-refractivity contribution in [3.63, 3.8) is 0 Å². The number of hydrogen-bond donors (Lipinski definition) is 1. The van der Waals surface area contributed by atoms with Crippen LogP contribution in [0.1, 0.15) is 11.1 Å². The van der Waals surface area contributed by atoms with Crippen LogP contribution in [0.4, 0.5) is 0 Å². The van der Waals surface area contributed by atoms with Crippen molar-refractivity contribution in [3.8, 4) is 0 Å². The maximum Gasteiger partial charge on any atom is 0.312 e. The monoisotopic (exact) mass is 346 g/mol. The molecule has 0 bridgehead atoms. The first-order valence-electron chi connectivity index (χ1n) is 8.42. The highest BCUT2D eigenvalue weighted by Gasteiger charge is 2.33. The Labute approximate surface area is 148 Å². The average Bonchev–Trinajstić information content (AvgIpc) is 2.56. The number of nitrogens with zero attached hydrogens (tertiary/aromatic N) is 3. The lowest BCUT2D eigenvalue weighted by Gasteiger charge is -2.33. The minimum atomic E-state index is -0.609. The van der Waals surface area contributed by atoms with E-state index in [-0.39, 0.29) is 12.5 Å². The van der Waals surface area contributed by atoms with Crippen molar-refractivity contribution in [3.05, 3.63) is 35.4 Å². The van der Waals surface area contributed by atoms with Crippen molar-refractivity contribution in [1.29, 1.82) is 0 Å². The fourth-order valence-electron chi connectivity index (χ4n) is 2.66. The molecule has 1 fully saturated rings. The number of nitrogens with one attached hydrogen (secondary N) is 1. The summed E-state index contributed by atoms with van der Waals surface area (Å²) in [4.78, 5) is 41.3. The minimum absolute atomic E-state index is 0.0732. The van der Waals surface area contributed by atoms with Crippen molar-refractivity contribution in [2.75, 3.05) is 46.8 Å². The highest BCUT2D eigenvalue weighted by molar-refractivity contribution is 6.35. The molecule has 1 aliphatic rings. The summed E-state index contributed by atoms with van der Waals surface area (Å²) in [5.74, 6) is -1.39. The van der Waals surface area contributed by atoms with E-state index in [0.29, 0.717) is 26.2 Å². The first kappa shape index (κ1) is 18.9. The Hall–Kier alpha value is -2.41. The van der Waals surface area contributed by atoms with E-state index in [1.54, 1.807) is 4.90 Å². The lowest BCUT2D eigenvalue weighted by molar-refractivity contribution is -0.157. The molecule has 0 unspecified atom stereocenters. The van der Waals surface area contributed by atoms with Crippen molar-refractivity contribution < 1.29 is 14.4 Å². The van der Waals surface area contributed by atoms with E-state index in [1.807, 2.05) is 50.2 Å². The van der Waals surface area contributed by atoms with E-state index in [2.05, 4.69) is 5.32 Å². The fourth-order valence-corrected chi connectivity index (χ4v) is 2.66. The van der Waals surface area contributed by atoms with Gasteiger partial charge in [-0.15, -0.1) is 0 Å². The van der Waals surface area contributed by atoms with Gasteiger partial charge in [0.15, 0.2) is 0 Å². The predicted octanol–water partition coefficient (Wildman–Crippen LogP) is -0.156. The van der Waals surface area contributed by atoms with Crippen molar-refractivity contribution in [2.45, 2.75) is 13.5 Å². The summed E-state index contributed by atoms with van der Waals surface area (Å²) in [5.41, 5.74) is 2.11. The van der Waals surface area contributed by atoms with E-state index < -0.39 is 11.8 Å². The molecule has 136 valence electrons. The van der Waals surface area contributed by atoms with Crippen LogP contribution >= 0.6 is 0 Å². The van der Waals surface area contributed by atoms with Crippen LogP contribution in [0, 0.1) is 6.92 Å². The molecule has 3 amide bonds. The number of carbonyl (C=O) groups excluding carboxylic acids is 3. The van der Waals surface area contributed by atoms with Gasteiger partial charge in [0, 0.05) is 32.7 Å². The topological polar surface area (TPSA) is 73.0 Å². The number of likely N-dealkylation sites (N-methyl/N-ethyl adjacent to an activating group) is 1. The molecule has 2 rings (SSSR count). The SMILES string of the molecule is Cc1ccccc1CN1CCN(CC(=O)NCCN(C)C)C(=O)C1=O. The second kappa shape index (κ2) is 8.62. The number of piperazine rings is 1. The number of benzene rings is 1. The van der Waals surface area contributed by atoms with E-state index in [0.717, 1.165) is 17.7 Å². The third-order valence-corrected chi connectivity index (χ3v) is 4.24. The third-order valence-electron chi connectivity index (χ3n) is 4.24. The summed E-state index contributed by atoms with van der Waals surface area (Å²) in [6.07, 6.45) is 0. The van der Waals surface area contributed by atoms with Crippen LogP contribution in [0.2, 0.25) is 0 Å². The predicted molar refractivity (Wildman–Crippen MR) is 94.7 cm³/mol. The van der Waals surface area contributed by atoms with E-state index in [9.17, 15) is 14.4 Å². The van der Waals surface area contributed by atoms with Crippen LogP contribution in [0.3, 0.4) is 0 Å². The quantitative estimate of drug-likeness (QED) is 0.697. The third kappa shape index (κ3) is 5.29. The fraction of sp³-hybridized carbons (Fsp3) is 0.500. The van der Waals surface area contributed by atoms with Crippen molar-refractivity contribution in [2.24, 2.45) is 0 Å². The summed E-state index contributed by atoms with van der Waals surface area (Å²) in [6.45, 7) is 4.37. The first-order chi connectivity index (χ1) is 11.9. The van der Waals surface area contributed by atoms with E-state index in [1.165, 1.54) is 4.90 Å². The zero-order chi connectivity index (χ0) is 18.4. The molecule has 25 heavy (non-hydrogen) atoms. The first-order valence-corrected chi connectivity index (χ1v) is 8.42. The molecule has 1 aromatic carbocycles. The van der Waals surface area contributed by atoms with Gasteiger partial charge >= 0.3 is 11.8 Å². The summed E-state index contributed by atoms with van der Waals surface area (Å²) >= 11 is 0. The molecule has 1 heterocycles. The average molecular weight is 346 g/mol. The highest BCUT2D eigenvalue weighted by atomic mass is 16.2. The summed E-state index contributed by atoms with van der Waals surface area (Å²) in [5, 5.41) is 2.76. The summed E-state index contributed by atoms with van der Waals surface area (Å²) in [6, 6.07) is 7.80. The van der Waals surface area contributed by atoms with Gasteiger partial charge in [0.1, 0.15) is 6.54 Å². The molecule has 0 saturated carbocycles. The molecule has 1 aromatic rings. The number of carbonyl (C=O) groups is 3. The Morgan fingerprint density at radius 3 is 2.44 bits per heavy atom. The largest absolute Gasteiger partial charge is 0.353 e. The molecular weight excluding hydrogens is 320 g/mol. The number of rotatable bonds is 7. The highest BCUT2D eigenvalue weighted by Crippen LogP contribution is 2.13. The van der Waals surface area contributed by atoms with Gasteiger partial charge in [0.2, 0.25) is 5.91 Å². The van der Waals surface area contributed by atoms with E-state index in [4.69, 9.17) is 0 Å². The smallest absolute Gasteiger partial charge is 0.312 e. The minimum Gasteiger partial charge on any atom is -0.353 e. The number of hydrogen-bond acceptors (Lipinski definition) is 4. The van der Waals surface area contributed by atoms with Crippen LogP contribution in [0.15, 0.2) is 24.3 Å². The molecule has 0 radical (unpaired) electrons. The normalized spacial score (nSPS) is 15.0. The molecule has 7 heteroatoms. The van der Waals surface area contributed by atoms with Crippen molar-refractivity contribution in [1.82, 2.24) is 20.0 Å². The zero-order valence-corrected chi connectivity index (χ0v) is 15.1. The maximum absolute atomic E-state index is 12.3. The number of amides is 3. The summed E-state index contributed by atoms with van der Waals surface area (Å²) < 4.78 is 0. The Morgan fingerprint density at radius 1 is 1.12 bits per heavy atom. The molecule has 0 aliphatic carbocycles. The lowest BCUT2D eigenvalue weighted by atomic mass is 10.1. The Bertz CT molecular complexity index is 645. The number of aryl methyl sites for hydroxylation is 1. The molecule has 1 aliphatic heterocycles. The van der Waals surface area contributed by atoms with Gasteiger partial charge in [0.05, 0.1) is 0 Å². The van der Waals surface area contributed by atoms with Gasteiger partial charge in [-0.1, -0.05) is 24.3 Å². The molecule has 7 nitrogen and oxygen atoms in total. The van der Waals surface area contributed by atoms with Crippen LogP contribution in [-0.4, -0.2) is 79.2 Å². The molecule has 0 atom stereocenters. The van der Waals surface area contributed by atoms with Gasteiger partial charge in [-0.2, -0.15) is 0 Å². The van der Waals surface area contributed by atoms with Gasteiger partial charge < -0.3 is 20.0 Å². The maximum atomic E-state index is 12.3. The molecular formula is C18H26N4O3. The van der Waals surface area contributed by atoms with Gasteiger partial charge in [-0.05, 0) is 32.1 Å². The molecule has 0 aromatic heterocycles. The van der Waals surface area contributed by atoms with Gasteiger partial charge in [-0.3, -0.25) is 14.4 Å². The zero-order valence-electron chi connectivity index (χ0n) is 15.1. The molecule has 0 spiro atoms. The van der Waals surface area contributed by atoms with E-state index >= 15 is 0 Å². The van der Waals surface area contributed by atoms with Crippen LogP contribution < -0.4 is 5.32 Å². The second-order valence-corrected chi connectivity index (χ2v) is 6.53. The van der Waals surface area contributed by atoms with Gasteiger partial charge in [-0.25, -0.2) is 0 Å². The van der Waals surface area contributed by atoms with Crippen LogP contribution in [-0.2, 0) is 20.9 Å². The Kier molecular flexibility index (Phi) is 6.52. The standard InChI is InChI=1S/C18H26N4O3/c1-14-6-4-5-7-15(14)12-21-10-11-22(18(25)17(21)24)13-16(23)19-8-9-20(2)3/h4-7H,8-13H2,1-3H3,(H,19,23). The van der Waals surface area contributed by atoms with Crippen molar-refractivity contribution >= 4 is 17.7 Å². The summed E-state index contributed by atoms with van der Waals surface area (Å²) in [7, 11) is 3.84. The lowest BCUT2D eigenvalue weighted by Crippen LogP contribution is -2.56.